The second kappa shape index (κ2) is 4.88. The van der Waals surface area contributed by atoms with E-state index in [4.69, 9.17) is 0 Å². The van der Waals surface area contributed by atoms with Crippen molar-refractivity contribution in [3.05, 3.63) is 0 Å². The molecule has 6 aliphatic carbocycles. The van der Waals surface area contributed by atoms with Gasteiger partial charge in [-0.3, -0.25) is 0 Å². The van der Waals surface area contributed by atoms with Gasteiger partial charge in [0.25, 0.3) is 0 Å². The maximum Gasteiger partial charge on any atom is -0.0235 e. The van der Waals surface area contributed by atoms with E-state index in [-0.39, 0.29) is 0 Å². The Morgan fingerprint density at radius 3 is 1.80 bits per heavy atom. The van der Waals surface area contributed by atoms with Crippen molar-refractivity contribution in [1.82, 2.24) is 0 Å². The van der Waals surface area contributed by atoms with Crippen molar-refractivity contribution >= 4 is 0 Å². The third kappa shape index (κ3) is 2.01. The molecule has 6 fully saturated rings. The van der Waals surface area contributed by atoms with Crippen LogP contribution in [0.25, 0.3) is 0 Å². The fourth-order valence-electron chi connectivity index (χ4n) is 10.3. The van der Waals surface area contributed by atoms with Gasteiger partial charge in [0.05, 0.1) is 0 Å². The van der Waals surface area contributed by atoms with E-state index in [0.717, 1.165) is 34.5 Å². The molecule has 6 aliphatic rings. The van der Waals surface area contributed by atoms with Crippen molar-refractivity contribution in [3.63, 3.8) is 0 Å². The summed E-state index contributed by atoms with van der Waals surface area (Å²) >= 11 is 0. The maximum atomic E-state index is 2.81. The topological polar surface area (TPSA) is 0 Å². The van der Waals surface area contributed by atoms with Crippen molar-refractivity contribution in [2.24, 2.45) is 45.3 Å². The number of hydrogen-bond acceptors (Lipinski definition) is 0. The normalized spacial score (nSPS) is 60.0. The molecule has 0 aromatic heterocycles. The first-order valence-electron chi connectivity index (χ1n) is 11.9. The summed E-state index contributed by atoms with van der Waals surface area (Å²) < 4.78 is 0. The molecule has 0 nitrogen and oxygen atoms in total. The Morgan fingerprint density at radius 1 is 0.680 bits per heavy atom. The molecule has 0 aromatic carbocycles. The Labute approximate surface area is 155 Å². The summed E-state index contributed by atoms with van der Waals surface area (Å²) in [5.41, 5.74) is 2.93. The Hall–Kier alpha value is 0. The molecule has 0 aliphatic heterocycles. The second-order valence-electron chi connectivity index (χ2n) is 12.7. The highest BCUT2D eigenvalue weighted by molar-refractivity contribution is 5.15. The van der Waals surface area contributed by atoms with Crippen LogP contribution in [-0.4, -0.2) is 0 Å². The van der Waals surface area contributed by atoms with Crippen molar-refractivity contribution in [2.75, 3.05) is 0 Å². The molecule has 0 heteroatoms. The van der Waals surface area contributed by atoms with E-state index in [1.54, 1.807) is 96.3 Å². The number of fused-ring (bicyclic) bond motifs is 6. The van der Waals surface area contributed by atoms with Gasteiger partial charge < -0.3 is 0 Å². The van der Waals surface area contributed by atoms with Gasteiger partial charge >= 0.3 is 0 Å². The zero-order valence-electron chi connectivity index (χ0n) is 16.9. The fourth-order valence-corrected chi connectivity index (χ4v) is 10.3. The second-order valence-corrected chi connectivity index (χ2v) is 12.7. The zero-order valence-corrected chi connectivity index (χ0v) is 16.9. The molecule has 0 saturated heterocycles. The van der Waals surface area contributed by atoms with Crippen LogP contribution in [0.5, 0.6) is 0 Å². The Balaban J connectivity index is 1.39. The van der Waals surface area contributed by atoms with Crippen LogP contribution in [-0.2, 0) is 0 Å². The smallest absolute Gasteiger partial charge is 0.0235 e. The predicted molar refractivity (Wildman–Crippen MR) is 104 cm³/mol. The summed E-state index contributed by atoms with van der Waals surface area (Å²) in [4.78, 5) is 0. The number of hydrogen-bond donors (Lipinski definition) is 0. The molecule has 25 heavy (non-hydrogen) atoms. The standard InChI is InChI=1S/C25H40/c1-22-8-3-20(13-22)14-23(22,2)21(25-11-6-19(16-25)7-12-25)17-24-9-4-18(15-24)5-10-24/h18-21H,3-17H2,1-2H3. The maximum absolute atomic E-state index is 2.81. The summed E-state index contributed by atoms with van der Waals surface area (Å²) in [6.07, 6.45) is 23.9. The highest BCUT2D eigenvalue weighted by Crippen LogP contribution is 2.75. The van der Waals surface area contributed by atoms with E-state index in [1.807, 2.05) is 0 Å². The minimum absolute atomic E-state index is 0.671. The van der Waals surface area contributed by atoms with Gasteiger partial charge in [-0.1, -0.05) is 13.8 Å². The molecule has 0 heterocycles. The van der Waals surface area contributed by atoms with Gasteiger partial charge in [-0.05, 0) is 142 Å². The van der Waals surface area contributed by atoms with Crippen LogP contribution in [0.15, 0.2) is 0 Å². The van der Waals surface area contributed by atoms with E-state index < -0.39 is 0 Å². The Kier molecular flexibility index (Phi) is 3.12. The summed E-state index contributed by atoms with van der Waals surface area (Å²) in [5, 5.41) is 0. The third-order valence-corrected chi connectivity index (χ3v) is 11.8. The van der Waals surface area contributed by atoms with Crippen LogP contribution < -0.4 is 0 Å². The first-order valence-corrected chi connectivity index (χ1v) is 11.9. The molecule has 0 radical (unpaired) electrons. The molecule has 0 amide bonds. The van der Waals surface area contributed by atoms with Gasteiger partial charge in [0, 0.05) is 0 Å². The van der Waals surface area contributed by atoms with Crippen molar-refractivity contribution < 1.29 is 0 Å². The lowest BCUT2D eigenvalue weighted by Gasteiger charge is -2.56. The molecule has 6 saturated carbocycles. The SMILES string of the molecule is CC12CCC(C1)CC2(C)C(CC12CCC(CC1)C2)C12CCC(CC1)C2. The molecule has 4 atom stereocenters. The predicted octanol–water partition coefficient (Wildman–Crippen LogP) is 7.37. The summed E-state index contributed by atoms with van der Waals surface area (Å²) in [5.74, 6) is 4.40. The average molecular weight is 341 g/mol. The van der Waals surface area contributed by atoms with Crippen LogP contribution in [0.1, 0.15) is 110 Å². The first kappa shape index (κ1) is 16.0. The van der Waals surface area contributed by atoms with Gasteiger partial charge in [-0.15, -0.1) is 0 Å². The highest BCUT2D eigenvalue weighted by atomic mass is 14.7. The van der Waals surface area contributed by atoms with Crippen LogP contribution in [0.3, 0.4) is 0 Å². The third-order valence-electron chi connectivity index (χ3n) is 11.8. The first-order chi connectivity index (χ1) is 11.9. The van der Waals surface area contributed by atoms with Crippen molar-refractivity contribution in [1.29, 1.82) is 0 Å². The van der Waals surface area contributed by atoms with Gasteiger partial charge in [-0.2, -0.15) is 0 Å². The molecule has 6 bridgehead atoms. The van der Waals surface area contributed by atoms with Gasteiger partial charge in [-0.25, -0.2) is 0 Å². The largest absolute Gasteiger partial charge is 0.0591 e. The highest BCUT2D eigenvalue weighted by Gasteiger charge is 2.66. The fraction of sp³-hybridized carbons (Fsp3) is 1.00. The molecular formula is C25H40. The monoisotopic (exact) mass is 340 g/mol. The van der Waals surface area contributed by atoms with E-state index in [1.165, 1.54) is 0 Å². The lowest BCUT2D eigenvalue weighted by atomic mass is 9.48. The van der Waals surface area contributed by atoms with Gasteiger partial charge in [0.1, 0.15) is 0 Å². The van der Waals surface area contributed by atoms with Crippen LogP contribution in [0.2, 0.25) is 0 Å². The van der Waals surface area contributed by atoms with E-state index in [9.17, 15) is 0 Å². The number of rotatable bonds is 4. The molecule has 0 aromatic rings. The quantitative estimate of drug-likeness (QED) is 0.501. The molecule has 4 unspecified atom stereocenters. The van der Waals surface area contributed by atoms with Gasteiger partial charge in [0.15, 0.2) is 0 Å². The van der Waals surface area contributed by atoms with Crippen LogP contribution in [0.4, 0.5) is 0 Å². The van der Waals surface area contributed by atoms with Gasteiger partial charge in [0.2, 0.25) is 0 Å². The van der Waals surface area contributed by atoms with Crippen LogP contribution >= 0.6 is 0 Å². The molecule has 0 N–H and O–H groups in total. The molecule has 0 spiro atoms. The van der Waals surface area contributed by atoms with Crippen LogP contribution in [0, 0.1) is 45.3 Å². The summed E-state index contributed by atoms with van der Waals surface area (Å²) in [7, 11) is 0. The molecule has 6 rings (SSSR count). The van der Waals surface area contributed by atoms with E-state index in [2.05, 4.69) is 13.8 Å². The Bertz CT molecular complexity index is 559. The minimum Gasteiger partial charge on any atom is -0.0591 e. The summed E-state index contributed by atoms with van der Waals surface area (Å²) in [6, 6.07) is 0. The lowest BCUT2D eigenvalue weighted by Crippen LogP contribution is -2.48. The van der Waals surface area contributed by atoms with Crippen molar-refractivity contribution in [3.8, 4) is 0 Å². The molecular weight excluding hydrogens is 300 g/mol. The summed E-state index contributed by atoms with van der Waals surface area (Å²) in [6.45, 7) is 5.55. The lowest BCUT2D eigenvalue weighted by molar-refractivity contribution is -0.0724. The zero-order chi connectivity index (χ0) is 16.9. The molecule has 140 valence electrons. The van der Waals surface area contributed by atoms with E-state index in [0.29, 0.717) is 10.8 Å². The van der Waals surface area contributed by atoms with Crippen molar-refractivity contribution in [2.45, 2.75) is 110 Å². The minimum atomic E-state index is 0.671. The Morgan fingerprint density at radius 2 is 1.32 bits per heavy atom. The average Bonchev–Trinajstić information content (AvgIpc) is 3.40. The van der Waals surface area contributed by atoms with E-state index >= 15 is 0 Å².